The first kappa shape index (κ1) is 22.3. The van der Waals surface area contributed by atoms with Crippen LogP contribution in [0.15, 0.2) is 48.5 Å². The van der Waals surface area contributed by atoms with E-state index in [-0.39, 0.29) is 5.56 Å². The molecule has 0 fully saturated rings. The van der Waals surface area contributed by atoms with Crippen LogP contribution in [0.5, 0.6) is 0 Å². The second-order valence-electron chi connectivity index (χ2n) is 8.57. The van der Waals surface area contributed by atoms with Gasteiger partial charge in [0.25, 0.3) is 0 Å². The molecular formula is C30H14N8. The maximum atomic E-state index is 10.2. The molecule has 8 heteroatoms. The molecule has 0 radical (unpaired) electrons. The Kier molecular flexibility index (Phi) is 5.14. The summed E-state index contributed by atoms with van der Waals surface area (Å²) in [4.78, 5) is 15.7. The van der Waals surface area contributed by atoms with Gasteiger partial charge in [-0.3, -0.25) is 0 Å². The maximum Gasteiger partial charge on any atom is 0.104 e. The number of rotatable bonds is 1. The van der Waals surface area contributed by atoms with Crippen LogP contribution >= 0.6 is 0 Å². The monoisotopic (exact) mass is 486 g/mol. The van der Waals surface area contributed by atoms with Crippen molar-refractivity contribution in [2.45, 2.75) is 0 Å². The zero-order chi connectivity index (χ0) is 26.2. The van der Waals surface area contributed by atoms with Crippen LogP contribution in [0.2, 0.25) is 0 Å². The number of nitrogens with zero attached hydrogens (tertiary/aromatic N) is 6. The molecule has 4 aromatic rings. The van der Waals surface area contributed by atoms with E-state index in [9.17, 15) is 21.0 Å². The molecule has 38 heavy (non-hydrogen) atoms. The molecule has 6 rings (SSSR count). The largest absolute Gasteiger partial charge is 0.354 e. The highest BCUT2D eigenvalue weighted by molar-refractivity contribution is 5.93. The first-order chi connectivity index (χ1) is 18.6. The molecule has 0 aliphatic carbocycles. The van der Waals surface area contributed by atoms with Gasteiger partial charge in [-0.15, -0.1) is 0 Å². The van der Waals surface area contributed by atoms with Crippen molar-refractivity contribution in [2.24, 2.45) is 0 Å². The fourth-order valence-electron chi connectivity index (χ4n) is 4.57. The van der Waals surface area contributed by atoms with Crippen molar-refractivity contribution in [1.29, 1.82) is 21.0 Å². The molecule has 0 saturated heterocycles. The lowest BCUT2D eigenvalue weighted by Gasteiger charge is -2.01. The smallest absolute Gasteiger partial charge is 0.104 e. The van der Waals surface area contributed by atoms with Crippen LogP contribution in [0.1, 0.15) is 45.0 Å². The molecule has 2 aliphatic heterocycles. The minimum absolute atomic E-state index is 0.235. The van der Waals surface area contributed by atoms with E-state index < -0.39 is 0 Å². The summed E-state index contributed by atoms with van der Waals surface area (Å²) < 4.78 is 0. The normalized spacial score (nSPS) is 11.4. The highest BCUT2D eigenvalue weighted by atomic mass is 14.8. The molecule has 3 aromatic heterocycles. The molecule has 8 nitrogen and oxygen atoms in total. The van der Waals surface area contributed by atoms with Gasteiger partial charge in [0.05, 0.1) is 45.4 Å². The second-order valence-corrected chi connectivity index (χ2v) is 8.57. The third kappa shape index (κ3) is 3.60. The predicted molar refractivity (Wildman–Crippen MR) is 143 cm³/mol. The third-order valence-electron chi connectivity index (χ3n) is 6.32. The Morgan fingerprint density at radius 3 is 1.89 bits per heavy atom. The molecule has 0 atom stereocenters. The molecule has 0 saturated carbocycles. The third-order valence-corrected chi connectivity index (χ3v) is 6.32. The average Bonchev–Trinajstić information content (AvgIpc) is 3.75. The summed E-state index contributed by atoms with van der Waals surface area (Å²) in [6.45, 7) is 0. The van der Waals surface area contributed by atoms with E-state index in [0.29, 0.717) is 56.0 Å². The van der Waals surface area contributed by atoms with Gasteiger partial charge >= 0.3 is 0 Å². The van der Waals surface area contributed by atoms with Gasteiger partial charge in [0.15, 0.2) is 0 Å². The number of benzene rings is 1. The quantitative estimate of drug-likeness (QED) is 0.299. The zero-order valence-corrected chi connectivity index (χ0v) is 19.6. The van der Waals surface area contributed by atoms with Crippen LogP contribution in [-0.4, -0.2) is 19.9 Å². The van der Waals surface area contributed by atoms with E-state index in [4.69, 9.17) is 0 Å². The van der Waals surface area contributed by atoms with E-state index >= 15 is 0 Å². The summed E-state index contributed by atoms with van der Waals surface area (Å²) in [5.74, 6) is 0. The summed E-state index contributed by atoms with van der Waals surface area (Å²) >= 11 is 0. The summed E-state index contributed by atoms with van der Waals surface area (Å²) in [5, 5.41) is 39.5. The lowest BCUT2D eigenvalue weighted by atomic mass is 10.0. The number of hydrogen-bond acceptors (Lipinski definition) is 6. The van der Waals surface area contributed by atoms with Crippen molar-refractivity contribution in [2.75, 3.05) is 0 Å². The van der Waals surface area contributed by atoms with Crippen LogP contribution in [0.4, 0.5) is 0 Å². The van der Waals surface area contributed by atoms with Gasteiger partial charge in [0.1, 0.15) is 34.9 Å². The van der Waals surface area contributed by atoms with E-state index in [1.165, 1.54) is 0 Å². The molecule has 0 unspecified atom stereocenters. The van der Waals surface area contributed by atoms with Crippen molar-refractivity contribution in [3.63, 3.8) is 0 Å². The minimum atomic E-state index is 0.235. The van der Waals surface area contributed by atoms with Crippen molar-refractivity contribution < 1.29 is 0 Å². The lowest BCUT2D eigenvalue weighted by molar-refractivity contribution is 1.24. The second kappa shape index (κ2) is 8.77. The van der Waals surface area contributed by atoms with Crippen LogP contribution in [0.3, 0.4) is 0 Å². The van der Waals surface area contributed by atoms with Gasteiger partial charge in [0.2, 0.25) is 0 Å². The van der Waals surface area contributed by atoms with Gasteiger partial charge in [-0.2, -0.15) is 21.0 Å². The van der Waals surface area contributed by atoms with Gasteiger partial charge in [-0.25, -0.2) is 9.97 Å². The number of aromatic nitrogens is 4. The summed E-state index contributed by atoms with van der Waals surface area (Å²) in [7, 11) is 0. The molecule has 174 valence electrons. The summed E-state index contributed by atoms with van der Waals surface area (Å²) in [6, 6.07) is 23.4. The van der Waals surface area contributed by atoms with Crippen molar-refractivity contribution in [3.8, 4) is 35.4 Å². The predicted octanol–water partition coefficient (Wildman–Crippen LogP) is 5.81. The first-order valence-corrected chi connectivity index (χ1v) is 11.5. The van der Waals surface area contributed by atoms with Crippen LogP contribution in [0, 0.1) is 45.3 Å². The Hall–Kier alpha value is -6.22. The Morgan fingerprint density at radius 1 is 0.579 bits per heavy atom. The van der Waals surface area contributed by atoms with Gasteiger partial charge in [0, 0.05) is 16.6 Å². The van der Waals surface area contributed by atoms with E-state index in [2.05, 4.69) is 44.2 Å². The fourth-order valence-corrected chi connectivity index (χ4v) is 4.57. The number of aromatic amines is 2. The molecule has 1 aromatic carbocycles. The summed E-state index contributed by atoms with van der Waals surface area (Å²) in [6.07, 6.45) is 6.74. The van der Waals surface area contributed by atoms with Crippen molar-refractivity contribution >= 4 is 46.4 Å². The van der Waals surface area contributed by atoms with E-state index in [0.717, 1.165) is 16.6 Å². The van der Waals surface area contributed by atoms with Gasteiger partial charge < -0.3 is 9.97 Å². The molecule has 2 N–H and O–H groups in total. The fraction of sp³-hybridized carbons (Fsp3) is 0. The Labute approximate surface area is 216 Å². The van der Waals surface area contributed by atoms with Crippen LogP contribution in [0.25, 0.3) is 57.5 Å². The Bertz CT molecular complexity index is 2080. The SMILES string of the molecule is N#Cc1cccc(-c2cc3cc4ccc([nH]4)c(C#N)c4nc(c(C#N)c5nc(c(C#N)c2[nH]3)C=C5)C=C4)c1. The minimum Gasteiger partial charge on any atom is -0.354 e. The Balaban J connectivity index is 1.81. The van der Waals surface area contributed by atoms with Crippen LogP contribution in [-0.2, 0) is 0 Å². The standard InChI is InChI=1S/C30H14N8/c31-13-17-2-1-3-18(10-17)21-12-20-11-19-4-5-25(35-19)22(14-32)26-6-7-27(37-26)23(15-33)28-8-9-29(38-28)24(16-34)30(21)36-20/h1-12,35-36H. The zero-order valence-electron chi connectivity index (χ0n) is 19.6. The summed E-state index contributed by atoms with van der Waals surface area (Å²) in [5.41, 5.74) is 7.00. The highest BCUT2D eigenvalue weighted by Crippen LogP contribution is 2.31. The molecular weight excluding hydrogens is 472 g/mol. The van der Waals surface area contributed by atoms with E-state index in [1.54, 1.807) is 48.6 Å². The average molecular weight is 486 g/mol. The molecule has 0 spiro atoms. The van der Waals surface area contributed by atoms with Gasteiger partial charge in [-0.1, -0.05) is 12.1 Å². The molecule has 8 bridgehead atoms. The van der Waals surface area contributed by atoms with Gasteiger partial charge in [-0.05, 0) is 66.3 Å². The van der Waals surface area contributed by atoms with Crippen molar-refractivity contribution in [3.05, 3.63) is 93.6 Å². The number of nitriles is 4. The molecule has 5 heterocycles. The van der Waals surface area contributed by atoms with E-state index in [1.807, 2.05) is 24.3 Å². The lowest BCUT2D eigenvalue weighted by Crippen LogP contribution is -1.90. The number of hydrogen-bond donors (Lipinski definition) is 2. The maximum absolute atomic E-state index is 10.2. The van der Waals surface area contributed by atoms with Crippen LogP contribution < -0.4 is 0 Å². The highest BCUT2D eigenvalue weighted by Gasteiger charge is 2.17. The number of nitrogens with one attached hydrogen (secondary N) is 2. The number of fused-ring (bicyclic) bond motifs is 8. The van der Waals surface area contributed by atoms with Crippen molar-refractivity contribution in [1.82, 2.24) is 19.9 Å². The molecule has 0 amide bonds. The Morgan fingerprint density at radius 2 is 1.24 bits per heavy atom. The first-order valence-electron chi connectivity index (χ1n) is 11.5. The molecule has 2 aliphatic rings. The number of H-pyrrole nitrogens is 2. The topological polar surface area (TPSA) is 153 Å².